The highest BCUT2D eigenvalue weighted by Crippen LogP contribution is 2.16. The fourth-order valence-electron chi connectivity index (χ4n) is 1.02. The van der Waals surface area contributed by atoms with Crippen LogP contribution in [0.15, 0.2) is 24.3 Å². The lowest BCUT2D eigenvalue weighted by atomic mass is 10.3. The highest BCUT2D eigenvalue weighted by Gasteiger charge is 1.95. The zero-order valence-corrected chi connectivity index (χ0v) is 10.2. The molecular weight excluding hydrogens is 214 g/mol. The van der Waals surface area contributed by atoms with Gasteiger partial charge >= 0.3 is 0 Å². The minimum atomic E-state index is 0. The number of ether oxygens (including phenoxy) is 2. The second-order valence-corrected chi connectivity index (χ2v) is 3.33. The second kappa shape index (κ2) is 7.37. The molecule has 0 N–H and O–H groups in total. The monoisotopic (exact) mass is 231 g/mol. The molecule has 1 aromatic rings. The summed E-state index contributed by atoms with van der Waals surface area (Å²) in [6.07, 6.45) is 0. The first-order chi connectivity index (χ1) is 6.72. The Labute approximate surface area is 97.4 Å². The molecule has 1 aromatic carbocycles. The average Bonchev–Trinajstić information content (AvgIpc) is 2.18. The van der Waals surface area contributed by atoms with Crippen molar-refractivity contribution in [1.82, 2.24) is 4.90 Å². The van der Waals surface area contributed by atoms with Gasteiger partial charge in [-0.1, -0.05) is 0 Å². The molecule has 86 valence electrons. The fourth-order valence-corrected chi connectivity index (χ4v) is 1.02. The topological polar surface area (TPSA) is 21.7 Å². The zero-order valence-electron chi connectivity index (χ0n) is 9.40. The third kappa shape index (κ3) is 5.50. The van der Waals surface area contributed by atoms with Gasteiger partial charge in [0.2, 0.25) is 0 Å². The summed E-state index contributed by atoms with van der Waals surface area (Å²) in [5, 5.41) is 0. The molecule has 0 amide bonds. The van der Waals surface area contributed by atoms with E-state index in [0.29, 0.717) is 6.61 Å². The lowest BCUT2D eigenvalue weighted by molar-refractivity contribution is 0.261. The molecule has 15 heavy (non-hydrogen) atoms. The predicted molar refractivity (Wildman–Crippen MR) is 64.3 cm³/mol. The maximum atomic E-state index is 5.52. The number of hydrogen-bond acceptors (Lipinski definition) is 3. The highest BCUT2D eigenvalue weighted by molar-refractivity contribution is 5.85. The largest absolute Gasteiger partial charge is 0.497 e. The summed E-state index contributed by atoms with van der Waals surface area (Å²) in [6, 6.07) is 7.61. The van der Waals surface area contributed by atoms with Crippen LogP contribution >= 0.6 is 12.4 Å². The summed E-state index contributed by atoms with van der Waals surface area (Å²) in [4.78, 5) is 2.09. The van der Waals surface area contributed by atoms with E-state index in [1.54, 1.807) is 7.11 Å². The molecule has 0 atom stereocenters. The molecule has 0 saturated heterocycles. The zero-order chi connectivity index (χ0) is 10.4. The molecule has 1 rings (SSSR count). The number of methoxy groups -OCH3 is 1. The van der Waals surface area contributed by atoms with E-state index in [4.69, 9.17) is 9.47 Å². The van der Waals surface area contributed by atoms with E-state index in [1.165, 1.54) is 0 Å². The van der Waals surface area contributed by atoms with E-state index in [1.807, 2.05) is 38.4 Å². The first kappa shape index (κ1) is 14.1. The standard InChI is InChI=1S/C11H17NO2.ClH/c1-12(2)8-9-14-11-6-4-10(13-3)5-7-11;/h4-7H,8-9H2,1-3H3;1H. The smallest absolute Gasteiger partial charge is 0.119 e. The van der Waals surface area contributed by atoms with Gasteiger partial charge < -0.3 is 14.4 Å². The Morgan fingerprint density at radius 2 is 1.60 bits per heavy atom. The molecule has 0 bridgehead atoms. The van der Waals surface area contributed by atoms with Gasteiger partial charge in [-0.3, -0.25) is 0 Å². The van der Waals surface area contributed by atoms with E-state index >= 15 is 0 Å². The number of benzene rings is 1. The average molecular weight is 232 g/mol. The summed E-state index contributed by atoms with van der Waals surface area (Å²) in [6.45, 7) is 1.63. The van der Waals surface area contributed by atoms with Gasteiger partial charge in [-0.2, -0.15) is 0 Å². The Kier molecular flexibility index (Phi) is 6.92. The van der Waals surface area contributed by atoms with Gasteiger partial charge in [0.1, 0.15) is 18.1 Å². The summed E-state index contributed by atoms with van der Waals surface area (Å²) in [5.41, 5.74) is 0. The Morgan fingerprint density at radius 3 is 2.07 bits per heavy atom. The SMILES string of the molecule is COc1ccc(OCCN(C)C)cc1.Cl. The van der Waals surface area contributed by atoms with Crippen molar-refractivity contribution in [3.05, 3.63) is 24.3 Å². The summed E-state index contributed by atoms with van der Waals surface area (Å²) in [5.74, 6) is 1.73. The first-order valence-electron chi connectivity index (χ1n) is 4.64. The minimum absolute atomic E-state index is 0. The second-order valence-electron chi connectivity index (χ2n) is 3.33. The Bertz CT molecular complexity index is 262. The van der Waals surface area contributed by atoms with Gasteiger partial charge in [0.25, 0.3) is 0 Å². The highest BCUT2D eigenvalue weighted by atomic mass is 35.5. The van der Waals surface area contributed by atoms with Crippen molar-refractivity contribution in [2.24, 2.45) is 0 Å². The molecule has 0 saturated carbocycles. The fraction of sp³-hybridized carbons (Fsp3) is 0.455. The normalized spacial score (nSPS) is 9.60. The molecule has 0 fully saturated rings. The number of hydrogen-bond donors (Lipinski definition) is 0. The first-order valence-corrected chi connectivity index (χ1v) is 4.64. The molecule has 3 nitrogen and oxygen atoms in total. The van der Waals surface area contributed by atoms with Crippen LogP contribution in [0.5, 0.6) is 11.5 Å². The molecule has 0 aliphatic rings. The van der Waals surface area contributed by atoms with Crippen LogP contribution in [0.2, 0.25) is 0 Å². The number of rotatable bonds is 5. The molecule has 0 aliphatic heterocycles. The lowest BCUT2D eigenvalue weighted by Crippen LogP contribution is -2.19. The van der Waals surface area contributed by atoms with Crippen molar-refractivity contribution in [3.63, 3.8) is 0 Å². The van der Waals surface area contributed by atoms with Crippen molar-refractivity contribution in [3.8, 4) is 11.5 Å². The molecule has 0 radical (unpaired) electrons. The summed E-state index contributed by atoms with van der Waals surface area (Å²) < 4.78 is 10.6. The van der Waals surface area contributed by atoms with Gasteiger partial charge in [-0.15, -0.1) is 12.4 Å². The van der Waals surface area contributed by atoms with Crippen molar-refractivity contribution in [2.45, 2.75) is 0 Å². The van der Waals surface area contributed by atoms with E-state index in [9.17, 15) is 0 Å². The van der Waals surface area contributed by atoms with Crippen LogP contribution in [-0.4, -0.2) is 39.3 Å². The lowest BCUT2D eigenvalue weighted by Gasteiger charge is -2.11. The van der Waals surface area contributed by atoms with Gasteiger partial charge in [0.05, 0.1) is 7.11 Å². The number of halogens is 1. The van der Waals surface area contributed by atoms with Crippen LogP contribution in [0.25, 0.3) is 0 Å². The molecular formula is C11H18ClNO2. The third-order valence-corrected chi connectivity index (χ3v) is 1.87. The predicted octanol–water partition coefficient (Wildman–Crippen LogP) is 2.06. The van der Waals surface area contributed by atoms with Crippen molar-refractivity contribution >= 4 is 12.4 Å². The van der Waals surface area contributed by atoms with E-state index in [-0.39, 0.29) is 12.4 Å². The van der Waals surface area contributed by atoms with Crippen LogP contribution in [0.1, 0.15) is 0 Å². The van der Waals surface area contributed by atoms with Crippen LogP contribution in [0.3, 0.4) is 0 Å². The maximum Gasteiger partial charge on any atom is 0.119 e. The molecule has 0 unspecified atom stereocenters. The summed E-state index contributed by atoms with van der Waals surface area (Å²) in [7, 11) is 5.71. The summed E-state index contributed by atoms with van der Waals surface area (Å²) >= 11 is 0. The van der Waals surface area contributed by atoms with Crippen LogP contribution in [0, 0.1) is 0 Å². The quantitative estimate of drug-likeness (QED) is 0.775. The Morgan fingerprint density at radius 1 is 1.07 bits per heavy atom. The maximum absolute atomic E-state index is 5.52. The van der Waals surface area contributed by atoms with Gasteiger partial charge in [0.15, 0.2) is 0 Å². The van der Waals surface area contributed by atoms with Crippen LogP contribution in [-0.2, 0) is 0 Å². The van der Waals surface area contributed by atoms with Crippen LogP contribution < -0.4 is 9.47 Å². The molecule has 0 aliphatic carbocycles. The molecule has 0 spiro atoms. The third-order valence-electron chi connectivity index (χ3n) is 1.87. The van der Waals surface area contributed by atoms with E-state index in [2.05, 4.69) is 4.90 Å². The van der Waals surface area contributed by atoms with Crippen molar-refractivity contribution in [2.75, 3.05) is 34.4 Å². The van der Waals surface area contributed by atoms with E-state index in [0.717, 1.165) is 18.0 Å². The number of nitrogens with zero attached hydrogens (tertiary/aromatic N) is 1. The van der Waals surface area contributed by atoms with Crippen LogP contribution in [0.4, 0.5) is 0 Å². The molecule has 4 heteroatoms. The Balaban J connectivity index is 0.00000196. The minimum Gasteiger partial charge on any atom is -0.497 e. The van der Waals surface area contributed by atoms with Gasteiger partial charge in [0, 0.05) is 6.54 Å². The Hall–Kier alpha value is -0.930. The van der Waals surface area contributed by atoms with Crippen molar-refractivity contribution < 1.29 is 9.47 Å². The van der Waals surface area contributed by atoms with Gasteiger partial charge in [-0.25, -0.2) is 0 Å². The van der Waals surface area contributed by atoms with Crippen molar-refractivity contribution in [1.29, 1.82) is 0 Å². The van der Waals surface area contributed by atoms with Gasteiger partial charge in [-0.05, 0) is 38.4 Å². The molecule has 0 heterocycles. The molecule has 0 aromatic heterocycles. The van der Waals surface area contributed by atoms with E-state index < -0.39 is 0 Å². The number of likely N-dealkylation sites (N-methyl/N-ethyl adjacent to an activating group) is 1.